The minimum atomic E-state index is -0.479. The van der Waals surface area contributed by atoms with Gasteiger partial charge in [0.1, 0.15) is 17.1 Å². The zero-order valence-corrected chi connectivity index (χ0v) is 18.6. The highest BCUT2D eigenvalue weighted by molar-refractivity contribution is 7.16. The maximum absolute atomic E-state index is 12.2. The predicted octanol–water partition coefficient (Wildman–Crippen LogP) is 5.97. The molecule has 0 fully saturated rings. The molecule has 2 aromatic heterocycles. The predicted molar refractivity (Wildman–Crippen MR) is 117 cm³/mol. The molecule has 0 saturated carbocycles. The van der Waals surface area contributed by atoms with E-state index in [1.165, 1.54) is 22.7 Å². The Hall–Kier alpha value is -2.16. The van der Waals surface area contributed by atoms with Gasteiger partial charge in [0.05, 0.1) is 12.8 Å². The molecule has 9 heteroatoms. The smallest absolute Gasteiger partial charge is 0.231 e. The first-order valence-corrected chi connectivity index (χ1v) is 10.6. The molecular weight excluding hydrogens is 416 g/mol. The Morgan fingerprint density at radius 1 is 1.21 bits per heavy atom. The lowest BCUT2D eigenvalue weighted by Crippen LogP contribution is -2.27. The van der Waals surface area contributed by atoms with Crippen LogP contribution < -0.4 is 15.4 Å². The van der Waals surface area contributed by atoms with E-state index in [4.69, 9.17) is 16.3 Å². The van der Waals surface area contributed by atoms with Gasteiger partial charge >= 0.3 is 0 Å². The van der Waals surface area contributed by atoms with Gasteiger partial charge in [0, 0.05) is 20.7 Å². The summed E-state index contributed by atoms with van der Waals surface area (Å²) in [5, 5.41) is 9.92. The zero-order valence-electron chi connectivity index (χ0n) is 16.2. The lowest BCUT2D eigenvalue weighted by molar-refractivity contribution is -0.123. The Morgan fingerprint density at radius 3 is 2.64 bits per heavy atom. The van der Waals surface area contributed by atoms with E-state index in [1.807, 2.05) is 33.1 Å². The van der Waals surface area contributed by atoms with Crippen LogP contribution in [0.25, 0.3) is 11.4 Å². The topological polar surface area (TPSA) is 76.1 Å². The number of nitrogens with zero attached hydrogens (tertiary/aromatic N) is 2. The standard InChI is InChI=1S/C19H21ClN4O2S2/c1-10-15(23-18(28-10)24-16(25)19(2,3)4)13-9-27-17(22-13)21-12-8-11(20)6-7-14(12)26-5/h6-9H,1-5H3,(H,21,22)(H,23,24,25). The molecule has 1 amide bonds. The van der Waals surface area contributed by atoms with Gasteiger partial charge in [-0.15, -0.1) is 22.7 Å². The van der Waals surface area contributed by atoms with Crippen LogP contribution in [-0.2, 0) is 4.79 Å². The maximum atomic E-state index is 12.2. The Balaban J connectivity index is 1.81. The van der Waals surface area contributed by atoms with E-state index < -0.39 is 5.41 Å². The van der Waals surface area contributed by atoms with Crippen LogP contribution >= 0.6 is 34.3 Å². The number of amides is 1. The number of carbonyl (C=O) groups is 1. The highest BCUT2D eigenvalue weighted by Gasteiger charge is 2.23. The van der Waals surface area contributed by atoms with E-state index in [1.54, 1.807) is 25.3 Å². The molecule has 0 bridgehead atoms. The van der Waals surface area contributed by atoms with E-state index in [0.29, 0.717) is 21.0 Å². The fourth-order valence-corrected chi connectivity index (χ4v) is 4.00. The summed E-state index contributed by atoms with van der Waals surface area (Å²) in [6.07, 6.45) is 0. The summed E-state index contributed by atoms with van der Waals surface area (Å²) in [5.41, 5.74) is 1.77. The van der Waals surface area contributed by atoms with Crippen LogP contribution in [0.4, 0.5) is 16.0 Å². The van der Waals surface area contributed by atoms with Gasteiger partial charge in [0.2, 0.25) is 5.91 Å². The van der Waals surface area contributed by atoms with Gasteiger partial charge in [-0.05, 0) is 25.1 Å². The summed E-state index contributed by atoms with van der Waals surface area (Å²) in [6, 6.07) is 5.36. The van der Waals surface area contributed by atoms with E-state index in [9.17, 15) is 4.79 Å². The van der Waals surface area contributed by atoms with Crippen LogP contribution in [0.2, 0.25) is 5.02 Å². The summed E-state index contributed by atoms with van der Waals surface area (Å²) < 4.78 is 5.36. The Kier molecular flexibility index (Phi) is 5.92. The average Bonchev–Trinajstić information content (AvgIpc) is 3.20. The van der Waals surface area contributed by atoms with Crippen molar-refractivity contribution in [2.75, 3.05) is 17.7 Å². The Bertz CT molecular complexity index is 1010. The minimum absolute atomic E-state index is 0.0681. The molecule has 0 aliphatic rings. The molecule has 2 N–H and O–H groups in total. The molecule has 3 rings (SSSR count). The summed E-state index contributed by atoms with van der Waals surface area (Å²) in [4.78, 5) is 22.4. The van der Waals surface area contributed by atoms with Crippen LogP contribution in [0.15, 0.2) is 23.6 Å². The van der Waals surface area contributed by atoms with Gasteiger partial charge in [0.25, 0.3) is 0 Å². The number of anilines is 3. The summed E-state index contributed by atoms with van der Waals surface area (Å²) in [5.74, 6) is 0.611. The van der Waals surface area contributed by atoms with Gasteiger partial charge in [-0.1, -0.05) is 32.4 Å². The molecule has 1 aromatic carbocycles. The number of aromatic nitrogens is 2. The van der Waals surface area contributed by atoms with E-state index in [2.05, 4.69) is 20.6 Å². The zero-order chi connectivity index (χ0) is 20.5. The molecule has 0 aliphatic carbocycles. The molecule has 0 unspecified atom stereocenters. The van der Waals surface area contributed by atoms with Crippen molar-refractivity contribution in [2.45, 2.75) is 27.7 Å². The molecule has 0 aliphatic heterocycles. The molecule has 3 aromatic rings. The third kappa shape index (κ3) is 4.63. The second-order valence-corrected chi connectivity index (χ2v) is 9.63. The fourth-order valence-electron chi connectivity index (χ4n) is 2.31. The number of halogens is 1. The average molecular weight is 437 g/mol. The van der Waals surface area contributed by atoms with Crippen molar-refractivity contribution in [1.82, 2.24) is 9.97 Å². The molecule has 6 nitrogen and oxygen atoms in total. The maximum Gasteiger partial charge on any atom is 0.231 e. The van der Waals surface area contributed by atoms with Gasteiger partial charge in [-0.2, -0.15) is 0 Å². The van der Waals surface area contributed by atoms with Crippen molar-refractivity contribution < 1.29 is 9.53 Å². The number of rotatable bonds is 5. The van der Waals surface area contributed by atoms with Gasteiger partial charge in [-0.25, -0.2) is 9.97 Å². The molecule has 0 saturated heterocycles. The molecule has 148 valence electrons. The number of aryl methyl sites for hydroxylation is 1. The van der Waals surface area contributed by atoms with Crippen molar-refractivity contribution in [2.24, 2.45) is 5.41 Å². The SMILES string of the molecule is COc1ccc(Cl)cc1Nc1nc(-c2nc(NC(=O)C(C)(C)C)sc2C)cs1. The van der Waals surface area contributed by atoms with Crippen molar-refractivity contribution >= 4 is 56.1 Å². The van der Waals surface area contributed by atoms with Crippen molar-refractivity contribution in [3.63, 3.8) is 0 Å². The first kappa shape index (κ1) is 20.6. The second-order valence-electron chi connectivity index (χ2n) is 7.14. The van der Waals surface area contributed by atoms with Gasteiger partial charge in [0.15, 0.2) is 10.3 Å². The monoisotopic (exact) mass is 436 g/mol. The molecule has 0 spiro atoms. The molecular formula is C19H21ClN4O2S2. The number of hydrogen-bond acceptors (Lipinski definition) is 7. The van der Waals surface area contributed by atoms with Crippen molar-refractivity contribution in [3.8, 4) is 17.1 Å². The third-order valence-corrected chi connectivity index (χ3v) is 5.73. The summed E-state index contributed by atoms with van der Waals surface area (Å²) >= 11 is 8.98. The first-order chi connectivity index (χ1) is 13.2. The quantitative estimate of drug-likeness (QED) is 0.515. The number of ether oxygens (including phenoxy) is 1. The third-order valence-electron chi connectivity index (χ3n) is 3.85. The minimum Gasteiger partial charge on any atom is -0.495 e. The Labute approximate surface area is 176 Å². The molecule has 28 heavy (non-hydrogen) atoms. The second kappa shape index (κ2) is 8.06. The lowest BCUT2D eigenvalue weighted by Gasteiger charge is -2.15. The fraction of sp³-hybridized carbons (Fsp3) is 0.316. The molecule has 0 radical (unpaired) electrons. The lowest BCUT2D eigenvalue weighted by atomic mass is 9.96. The van der Waals surface area contributed by atoms with Crippen molar-refractivity contribution in [1.29, 1.82) is 0 Å². The van der Waals surface area contributed by atoms with E-state index in [0.717, 1.165) is 22.0 Å². The Morgan fingerprint density at radius 2 is 1.96 bits per heavy atom. The number of thiazole rings is 2. The van der Waals surface area contributed by atoms with Crippen LogP contribution in [0.3, 0.4) is 0 Å². The highest BCUT2D eigenvalue weighted by atomic mass is 35.5. The van der Waals surface area contributed by atoms with Crippen LogP contribution in [0, 0.1) is 12.3 Å². The number of methoxy groups -OCH3 is 1. The van der Waals surface area contributed by atoms with Gasteiger partial charge in [-0.3, -0.25) is 4.79 Å². The summed E-state index contributed by atoms with van der Waals surface area (Å²) in [7, 11) is 1.60. The van der Waals surface area contributed by atoms with Gasteiger partial charge < -0.3 is 15.4 Å². The normalized spacial score (nSPS) is 11.4. The van der Waals surface area contributed by atoms with Crippen LogP contribution in [-0.4, -0.2) is 23.0 Å². The molecule has 2 heterocycles. The largest absolute Gasteiger partial charge is 0.495 e. The first-order valence-electron chi connectivity index (χ1n) is 8.52. The number of hydrogen-bond donors (Lipinski definition) is 2. The van der Waals surface area contributed by atoms with E-state index in [-0.39, 0.29) is 5.91 Å². The highest BCUT2D eigenvalue weighted by Crippen LogP contribution is 2.35. The van der Waals surface area contributed by atoms with Crippen LogP contribution in [0.1, 0.15) is 25.6 Å². The van der Waals surface area contributed by atoms with Crippen molar-refractivity contribution in [3.05, 3.63) is 33.5 Å². The number of carbonyl (C=O) groups excluding carboxylic acids is 1. The number of benzene rings is 1. The van der Waals surface area contributed by atoms with E-state index >= 15 is 0 Å². The summed E-state index contributed by atoms with van der Waals surface area (Å²) in [6.45, 7) is 7.57. The number of nitrogens with one attached hydrogen (secondary N) is 2. The molecule has 0 atom stereocenters. The van der Waals surface area contributed by atoms with Crippen LogP contribution in [0.5, 0.6) is 5.75 Å².